The van der Waals surface area contributed by atoms with E-state index in [1.165, 1.54) is 0 Å². The quantitative estimate of drug-likeness (QED) is 0.634. The Bertz CT molecular complexity index is 933. The van der Waals surface area contributed by atoms with Gasteiger partial charge in [-0.1, -0.05) is 41.4 Å². The van der Waals surface area contributed by atoms with Crippen molar-refractivity contribution < 1.29 is 14.6 Å². The van der Waals surface area contributed by atoms with Gasteiger partial charge in [-0.15, -0.1) is 0 Å². The number of phenols is 1. The van der Waals surface area contributed by atoms with E-state index in [1.54, 1.807) is 19.2 Å². The third-order valence-electron chi connectivity index (χ3n) is 7.10. The van der Waals surface area contributed by atoms with Gasteiger partial charge in [-0.3, -0.25) is 4.79 Å². The summed E-state index contributed by atoms with van der Waals surface area (Å²) < 4.78 is 5.39. The molecule has 0 radical (unpaired) electrons. The standard InChI is InChI=1S/C24H27Cl2NO3/c1-14-22-21(15-3-5-16(25)6-4-15)19(18-8-7-17(28)13-20(18)26)9-10-24(22,11-12-30-2)23(29)27-14/h3-8,13-14,19,21-22,28H,9-12H2,1-2H3,(H,27,29)/t14-,19+,21+,22+,24+/m1/s1. The van der Waals surface area contributed by atoms with Crippen LogP contribution in [0.2, 0.25) is 10.0 Å². The molecule has 2 aliphatic rings. The topological polar surface area (TPSA) is 58.6 Å². The van der Waals surface area contributed by atoms with Crippen molar-refractivity contribution in [1.29, 1.82) is 0 Å². The van der Waals surface area contributed by atoms with Crippen molar-refractivity contribution in [2.24, 2.45) is 11.3 Å². The first-order valence-corrected chi connectivity index (χ1v) is 11.2. The predicted molar refractivity (Wildman–Crippen MR) is 119 cm³/mol. The number of halogens is 2. The minimum Gasteiger partial charge on any atom is -0.508 e. The van der Waals surface area contributed by atoms with Gasteiger partial charge in [0.1, 0.15) is 5.75 Å². The third kappa shape index (κ3) is 3.59. The molecule has 0 aromatic heterocycles. The Hall–Kier alpha value is -1.75. The lowest BCUT2D eigenvalue weighted by atomic mass is 9.54. The Kier molecular flexibility index (Phi) is 6.02. The third-order valence-corrected chi connectivity index (χ3v) is 7.68. The minimum absolute atomic E-state index is 0.0359. The van der Waals surface area contributed by atoms with Crippen LogP contribution in [0.5, 0.6) is 5.75 Å². The number of rotatable bonds is 5. The summed E-state index contributed by atoms with van der Waals surface area (Å²) in [7, 11) is 1.68. The number of hydrogen-bond donors (Lipinski definition) is 2. The van der Waals surface area contributed by atoms with Crippen molar-refractivity contribution in [3.8, 4) is 5.75 Å². The van der Waals surface area contributed by atoms with Crippen LogP contribution in [0.25, 0.3) is 0 Å². The van der Waals surface area contributed by atoms with Crippen molar-refractivity contribution >= 4 is 29.1 Å². The summed E-state index contributed by atoms with van der Waals surface area (Å²) in [5.74, 6) is 0.610. The van der Waals surface area contributed by atoms with Crippen LogP contribution in [0, 0.1) is 11.3 Å². The maximum atomic E-state index is 13.2. The fourth-order valence-corrected chi connectivity index (χ4v) is 6.27. The number of carbonyl (C=O) groups excluding carboxylic acids is 1. The van der Waals surface area contributed by atoms with Gasteiger partial charge in [0.05, 0.1) is 5.41 Å². The van der Waals surface area contributed by atoms with Gasteiger partial charge in [0.25, 0.3) is 0 Å². The molecule has 1 aliphatic carbocycles. The fourth-order valence-electron chi connectivity index (χ4n) is 5.83. The summed E-state index contributed by atoms with van der Waals surface area (Å²) in [4.78, 5) is 13.2. The smallest absolute Gasteiger partial charge is 0.226 e. The predicted octanol–water partition coefficient (Wildman–Crippen LogP) is 5.52. The van der Waals surface area contributed by atoms with Gasteiger partial charge >= 0.3 is 0 Å². The maximum absolute atomic E-state index is 13.2. The number of hydrogen-bond acceptors (Lipinski definition) is 3. The van der Waals surface area contributed by atoms with Gasteiger partial charge in [0.15, 0.2) is 0 Å². The number of methoxy groups -OCH3 is 1. The molecule has 0 bridgehead atoms. The van der Waals surface area contributed by atoms with E-state index in [0.29, 0.717) is 23.1 Å². The molecule has 160 valence electrons. The lowest BCUT2D eigenvalue weighted by Gasteiger charge is -2.48. The summed E-state index contributed by atoms with van der Waals surface area (Å²) in [5.41, 5.74) is 1.71. The molecule has 2 aromatic rings. The average Bonchev–Trinajstić information content (AvgIpc) is 2.97. The molecular weight excluding hydrogens is 421 g/mol. The van der Waals surface area contributed by atoms with E-state index >= 15 is 0 Å². The van der Waals surface area contributed by atoms with Crippen LogP contribution in [0.3, 0.4) is 0 Å². The molecule has 6 heteroatoms. The molecule has 1 aliphatic heterocycles. The number of carbonyl (C=O) groups is 1. The number of aromatic hydroxyl groups is 1. The second-order valence-electron chi connectivity index (χ2n) is 8.62. The van der Waals surface area contributed by atoms with Crippen molar-refractivity contribution in [2.45, 2.75) is 44.1 Å². The van der Waals surface area contributed by atoms with Crippen molar-refractivity contribution in [3.05, 3.63) is 63.6 Å². The summed E-state index contributed by atoms with van der Waals surface area (Å²) in [6.45, 7) is 2.65. The molecule has 1 amide bonds. The van der Waals surface area contributed by atoms with Crippen molar-refractivity contribution in [2.75, 3.05) is 13.7 Å². The number of phenolic OH excluding ortho intramolecular Hbond substituents is 1. The van der Waals surface area contributed by atoms with E-state index in [2.05, 4.69) is 24.4 Å². The second kappa shape index (κ2) is 8.41. The molecule has 30 heavy (non-hydrogen) atoms. The monoisotopic (exact) mass is 447 g/mol. The van der Waals surface area contributed by atoms with E-state index in [9.17, 15) is 9.90 Å². The number of benzene rings is 2. The molecule has 4 nitrogen and oxygen atoms in total. The van der Waals surface area contributed by atoms with Crippen LogP contribution in [-0.4, -0.2) is 30.8 Å². The number of fused-ring (bicyclic) bond motifs is 1. The highest BCUT2D eigenvalue weighted by atomic mass is 35.5. The lowest BCUT2D eigenvalue weighted by molar-refractivity contribution is -0.132. The van der Waals surface area contributed by atoms with E-state index in [0.717, 1.165) is 24.0 Å². The molecule has 1 saturated carbocycles. The van der Waals surface area contributed by atoms with Gasteiger partial charge in [-0.2, -0.15) is 0 Å². The lowest BCUT2D eigenvalue weighted by Crippen LogP contribution is -2.45. The SMILES string of the molecule is COCC[C@@]12CC[C@@H](c3ccc(O)cc3Cl)[C@H](c3ccc(Cl)cc3)[C@@H]1[C@@H](C)NC2=O. The molecule has 2 fully saturated rings. The van der Waals surface area contributed by atoms with Crippen LogP contribution >= 0.6 is 23.2 Å². The number of nitrogens with one attached hydrogen (secondary N) is 1. The van der Waals surface area contributed by atoms with Crippen molar-refractivity contribution in [1.82, 2.24) is 5.32 Å². The molecule has 1 heterocycles. The molecule has 2 N–H and O–H groups in total. The van der Waals surface area contributed by atoms with E-state index < -0.39 is 5.41 Å². The molecule has 5 atom stereocenters. The van der Waals surface area contributed by atoms with Crippen LogP contribution in [-0.2, 0) is 9.53 Å². The number of amides is 1. The minimum atomic E-state index is -0.459. The molecule has 4 rings (SSSR count). The van der Waals surface area contributed by atoms with E-state index in [-0.39, 0.29) is 35.5 Å². The zero-order chi connectivity index (χ0) is 21.5. The zero-order valence-corrected chi connectivity index (χ0v) is 18.7. The Morgan fingerprint density at radius 3 is 2.60 bits per heavy atom. The largest absolute Gasteiger partial charge is 0.508 e. The normalized spacial score (nSPS) is 30.7. The van der Waals surface area contributed by atoms with Crippen LogP contribution in [0.4, 0.5) is 0 Å². The summed E-state index contributed by atoms with van der Waals surface area (Å²) >= 11 is 12.8. The first kappa shape index (κ1) is 21.5. The molecule has 0 spiro atoms. The molecule has 1 saturated heterocycles. The van der Waals surface area contributed by atoms with Gasteiger partial charge in [-0.25, -0.2) is 0 Å². The highest BCUT2D eigenvalue weighted by Crippen LogP contribution is 2.60. The van der Waals surface area contributed by atoms with Crippen LogP contribution in [0.15, 0.2) is 42.5 Å². The van der Waals surface area contributed by atoms with Gasteiger partial charge in [0.2, 0.25) is 5.91 Å². The van der Waals surface area contributed by atoms with Gasteiger partial charge < -0.3 is 15.2 Å². The molecule has 2 aromatic carbocycles. The van der Waals surface area contributed by atoms with E-state index in [4.69, 9.17) is 27.9 Å². The van der Waals surface area contributed by atoms with Gasteiger partial charge in [-0.05, 0) is 73.4 Å². The summed E-state index contributed by atoms with van der Waals surface area (Å²) in [5, 5.41) is 14.3. The highest BCUT2D eigenvalue weighted by Gasteiger charge is 2.60. The maximum Gasteiger partial charge on any atom is 0.226 e. The first-order valence-electron chi connectivity index (χ1n) is 10.4. The number of ether oxygens (including phenoxy) is 1. The van der Waals surface area contributed by atoms with E-state index in [1.807, 2.05) is 18.2 Å². The summed E-state index contributed by atoms with van der Waals surface area (Å²) in [6, 6.07) is 13.2. The zero-order valence-electron chi connectivity index (χ0n) is 17.2. The second-order valence-corrected chi connectivity index (χ2v) is 9.46. The van der Waals surface area contributed by atoms with Crippen LogP contribution in [0.1, 0.15) is 49.1 Å². The molecule has 0 unspecified atom stereocenters. The Morgan fingerprint density at radius 1 is 1.20 bits per heavy atom. The Morgan fingerprint density at radius 2 is 1.93 bits per heavy atom. The Balaban J connectivity index is 1.85. The average molecular weight is 448 g/mol. The van der Waals surface area contributed by atoms with Crippen molar-refractivity contribution in [3.63, 3.8) is 0 Å². The van der Waals surface area contributed by atoms with Crippen LogP contribution < -0.4 is 5.32 Å². The fraction of sp³-hybridized carbons (Fsp3) is 0.458. The highest BCUT2D eigenvalue weighted by molar-refractivity contribution is 6.31. The summed E-state index contributed by atoms with van der Waals surface area (Å²) in [6.07, 6.45) is 2.31. The van der Waals surface area contributed by atoms with Gasteiger partial charge in [0, 0.05) is 35.7 Å². The molecular formula is C24H27Cl2NO3. The first-order chi connectivity index (χ1) is 14.4. The Labute approximate surface area is 187 Å².